The minimum absolute atomic E-state index is 0.00585. The van der Waals surface area contributed by atoms with Crippen molar-refractivity contribution < 1.29 is 0 Å². The van der Waals surface area contributed by atoms with Crippen LogP contribution in [0.25, 0.3) is 77.6 Å². The topological polar surface area (TPSA) is 9.86 Å². The van der Waals surface area contributed by atoms with Crippen molar-refractivity contribution in [2.75, 3.05) is 0 Å². The van der Waals surface area contributed by atoms with Crippen LogP contribution in [0.2, 0.25) is 0 Å². The molecule has 1 spiro atoms. The standard InChI is InChI=1S/C74H75BN2Si/c1-69(2,3)44-27-29-48-49-30-28-45(70(4,5)6)39-58(49)78(57(48)38-44)56-32-31-55-62-68(56)77-65-50(51-36-47(72(10,11)12)40-59(78)66(51)77)35-46(71(7,8)9)37-54(65)75(62)63-61-53(73(13,14)33-34-74(61,15)16)41-52-60(42-23-19-17-20-24-42)64(76(55)67(52)63)43-25-21-18-22-26-43/h17-32,35-41H,33-34H2,1-16H3. The predicted molar refractivity (Wildman–Crippen MR) is 339 cm³/mol. The lowest BCUT2D eigenvalue weighted by atomic mass is 9.32. The molecule has 0 fully saturated rings. The van der Waals surface area contributed by atoms with E-state index in [1.165, 1.54) is 116 Å². The lowest BCUT2D eigenvalue weighted by molar-refractivity contribution is 0.334. The van der Waals surface area contributed by atoms with Gasteiger partial charge in [-0.3, -0.25) is 0 Å². The SMILES string of the molecule is CC(C)(C)c1ccc2c(c1)[Si]1(c3cc(C(C)(C)C)ccc3-2)c2ccc3c4c2-n2c5c(cc(C(C)(C)C)cc5c5cc(C(C)(C)C)cc1c52)B4c1c2c(cc4c(-c5ccccc5)c(-c5ccccc5)n-3c14)C(C)(C)CCC2(C)C. The maximum atomic E-state index is 2.88. The van der Waals surface area contributed by atoms with Crippen molar-refractivity contribution in [2.24, 2.45) is 0 Å². The number of hydrogen-bond donors (Lipinski definition) is 0. The second-order valence-corrected chi connectivity index (χ2v) is 33.6. The molecule has 2 aromatic heterocycles. The molecule has 6 heterocycles. The lowest BCUT2D eigenvalue weighted by Crippen LogP contribution is -2.77. The average Bonchev–Trinajstić information content (AvgIpc) is 2.19. The summed E-state index contributed by atoms with van der Waals surface area (Å²) in [6.45, 7) is 39.4. The molecule has 4 aliphatic heterocycles. The monoisotopic (exact) mass is 1030 g/mol. The summed E-state index contributed by atoms with van der Waals surface area (Å²) in [5.41, 5.74) is 28.0. The van der Waals surface area contributed by atoms with Crippen LogP contribution in [-0.4, -0.2) is 23.9 Å². The Kier molecular flexibility index (Phi) is 9.32. The molecule has 5 aliphatic rings. The van der Waals surface area contributed by atoms with E-state index >= 15 is 0 Å². The number of nitrogens with zero attached hydrogens (tertiary/aromatic N) is 2. The molecule has 4 heteroatoms. The quantitative estimate of drug-likeness (QED) is 0.153. The third-order valence-corrected chi connectivity index (χ3v) is 25.0. The number of rotatable bonds is 2. The highest BCUT2D eigenvalue weighted by atomic mass is 28.3. The highest BCUT2D eigenvalue weighted by Crippen LogP contribution is 2.53. The fraction of sp³-hybridized carbons (Fsp3) is 0.324. The molecule has 0 radical (unpaired) electrons. The summed E-state index contributed by atoms with van der Waals surface area (Å²) in [6, 6.07) is 57.0. The highest BCUT2D eigenvalue weighted by molar-refractivity contribution is 7.24. The van der Waals surface area contributed by atoms with E-state index in [1.54, 1.807) is 31.8 Å². The molecule has 1 aliphatic carbocycles. The minimum atomic E-state index is -3.21. The molecular formula is C74H75BN2Si. The van der Waals surface area contributed by atoms with E-state index in [-0.39, 0.29) is 39.2 Å². The van der Waals surface area contributed by atoms with Crippen molar-refractivity contribution in [2.45, 2.75) is 156 Å². The number of hydrogen-bond acceptors (Lipinski definition) is 0. The van der Waals surface area contributed by atoms with Gasteiger partial charge in [0.05, 0.1) is 11.2 Å². The summed E-state index contributed by atoms with van der Waals surface area (Å²) in [7, 11) is -3.21. The van der Waals surface area contributed by atoms with E-state index in [2.05, 4.69) is 259 Å². The number of benzene rings is 8. The van der Waals surface area contributed by atoms with Crippen molar-refractivity contribution >= 4 is 84.6 Å². The van der Waals surface area contributed by atoms with Crippen LogP contribution >= 0.6 is 0 Å². The van der Waals surface area contributed by atoms with Gasteiger partial charge in [0.15, 0.2) is 8.07 Å². The van der Waals surface area contributed by atoms with Gasteiger partial charge in [-0.15, -0.1) is 0 Å². The first-order valence-electron chi connectivity index (χ1n) is 29.3. The third kappa shape index (κ3) is 6.06. The van der Waals surface area contributed by atoms with E-state index < -0.39 is 8.07 Å². The van der Waals surface area contributed by atoms with Crippen LogP contribution in [0.4, 0.5) is 0 Å². The molecule has 0 saturated carbocycles. The highest BCUT2D eigenvalue weighted by Gasteiger charge is 2.58. The molecule has 8 aromatic carbocycles. The Bertz CT molecular complexity index is 4270. The summed E-state index contributed by atoms with van der Waals surface area (Å²) >= 11 is 0. The zero-order chi connectivity index (χ0) is 54.5. The smallest absolute Gasteiger partial charge is 0.252 e. The second-order valence-electron chi connectivity index (χ2n) is 30.0. The van der Waals surface area contributed by atoms with Crippen LogP contribution in [0.1, 0.15) is 157 Å². The van der Waals surface area contributed by atoms with Gasteiger partial charge in [-0.25, -0.2) is 0 Å². The lowest BCUT2D eigenvalue weighted by Gasteiger charge is -2.47. The number of fused-ring (bicyclic) bond motifs is 13. The molecule has 0 unspecified atom stereocenters. The summed E-state index contributed by atoms with van der Waals surface area (Å²) < 4.78 is 5.69. The van der Waals surface area contributed by atoms with Gasteiger partial charge in [0.25, 0.3) is 6.71 Å². The van der Waals surface area contributed by atoms with Crippen LogP contribution in [-0.2, 0) is 32.5 Å². The average molecular weight is 1030 g/mol. The maximum absolute atomic E-state index is 3.21. The van der Waals surface area contributed by atoms with E-state index in [9.17, 15) is 0 Å². The van der Waals surface area contributed by atoms with Crippen molar-refractivity contribution in [1.29, 1.82) is 0 Å². The van der Waals surface area contributed by atoms with Gasteiger partial charge < -0.3 is 9.13 Å². The Balaban J connectivity index is 1.25. The third-order valence-electron chi connectivity index (χ3n) is 20.1. The van der Waals surface area contributed by atoms with Crippen molar-refractivity contribution in [3.8, 4) is 44.9 Å². The van der Waals surface area contributed by atoms with Gasteiger partial charge in [-0.1, -0.05) is 226 Å². The Morgan fingerprint density at radius 2 is 0.962 bits per heavy atom. The van der Waals surface area contributed by atoms with Gasteiger partial charge in [0.2, 0.25) is 0 Å². The fourth-order valence-corrected chi connectivity index (χ4v) is 21.5. The van der Waals surface area contributed by atoms with Gasteiger partial charge in [-0.2, -0.15) is 0 Å². The van der Waals surface area contributed by atoms with Crippen molar-refractivity contribution in [1.82, 2.24) is 9.13 Å². The molecule has 0 N–H and O–H groups in total. The summed E-state index contributed by atoms with van der Waals surface area (Å²) in [5, 5.41) is 10.4. The molecule has 78 heavy (non-hydrogen) atoms. The first-order chi connectivity index (χ1) is 36.7. The first-order valence-corrected chi connectivity index (χ1v) is 31.3. The summed E-state index contributed by atoms with van der Waals surface area (Å²) in [6.07, 6.45) is 2.29. The summed E-state index contributed by atoms with van der Waals surface area (Å²) in [5.74, 6) is 0. The Labute approximate surface area is 465 Å². The molecule has 0 saturated heterocycles. The van der Waals surface area contributed by atoms with Crippen LogP contribution in [0.3, 0.4) is 0 Å². The zero-order valence-corrected chi connectivity index (χ0v) is 50.2. The first kappa shape index (κ1) is 48.5. The van der Waals surface area contributed by atoms with Crippen LogP contribution in [0.5, 0.6) is 0 Å². The Morgan fingerprint density at radius 1 is 0.436 bits per heavy atom. The second kappa shape index (κ2) is 15.0. The zero-order valence-electron chi connectivity index (χ0n) is 49.2. The number of aromatic nitrogens is 2. The Hall–Kier alpha value is -6.62. The summed E-state index contributed by atoms with van der Waals surface area (Å²) in [4.78, 5) is 0. The van der Waals surface area contributed by atoms with Crippen molar-refractivity contribution in [3.05, 3.63) is 173 Å². The normalized spacial score (nSPS) is 16.9. The molecule has 10 aromatic rings. The maximum Gasteiger partial charge on any atom is 0.252 e. The van der Waals surface area contributed by atoms with Crippen LogP contribution in [0.15, 0.2) is 140 Å². The van der Waals surface area contributed by atoms with E-state index in [1.807, 2.05) is 0 Å². The molecule has 0 bridgehead atoms. The van der Waals surface area contributed by atoms with E-state index in [0.29, 0.717) is 0 Å². The molecule has 0 atom stereocenters. The van der Waals surface area contributed by atoms with Gasteiger partial charge in [0.1, 0.15) is 0 Å². The van der Waals surface area contributed by atoms with E-state index in [0.717, 1.165) is 12.8 Å². The van der Waals surface area contributed by atoms with Crippen LogP contribution in [0, 0.1) is 0 Å². The van der Waals surface area contributed by atoms with Crippen LogP contribution < -0.4 is 37.1 Å². The van der Waals surface area contributed by atoms with Gasteiger partial charge >= 0.3 is 0 Å². The van der Waals surface area contributed by atoms with E-state index in [4.69, 9.17) is 0 Å². The largest absolute Gasteiger partial charge is 0.310 e. The van der Waals surface area contributed by atoms with Gasteiger partial charge in [0, 0.05) is 44.1 Å². The molecule has 2 nitrogen and oxygen atoms in total. The predicted octanol–water partition coefficient (Wildman–Crippen LogP) is 14.4. The van der Waals surface area contributed by atoms with Crippen molar-refractivity contribution in [3.63, 3.8) is 0 Å². The molecule has 388 valence electrons. The Morgan fingerprint density at radius 3 is 1.54 bits per heavy atom. The molecular weight excluding hydrogens is 956 g/mol. The minimum Gasteiger partial charge on any atom is -0.310 e. The molecule has 15 rings (SSSR count). The molecule has 0 amide bonds. The van der Waals surface area contributed by atoms with Gasteiger partial charge in [-0.05, 0) is 162 Å². The fourth-order valence-electron chi connectivity index (χ4n) is 15.9.